The molecule has 110 valence electrons. The Bertz CT molecular complexity index is 522. The number of furan rings is 1. The third kappa shape index (κ3) is 3.75. The van der Waals surface area contributed by atoms with Gasteiger partial charge in [-0.3, -0.25) is 0 Å². The van der Waals surface area contributed by atoms with Gasteiger partial charge in [-0.1, -0.05) is 6.92 Å². The summed E-state index contributed by atoms with van der Waals surface area (Å²) in [5.41, 5.74) is 0.337. The molecule has 0 amide bonds. The van der Waals surface area contributed by atoms with Crippen LogP contribution >= 0.6 is 11.8 Å². The lowest BCUT2D eigenvalue weighted by Crippen LogP contribution is -2.36. The van der Waals surface area contributed by atoms with E-state index < -0.39 is 10.0 Å². The third-order valence-electron chi connectivity index (χ3n) is 2.93. The Kier molecular flexibility index (Phi) is 5.91. The van der Waals surface area contributed by atoms with Crippen molar-refractivity contribution in [2.24, 2.45) is 0 Å². The van der Waals surface area contributed by atoms with Gasteiger partial charge < -0.3 is 9.52 Å². The van der Waals surface area contributed by atoms with E-state index in [1.165, 1.54) is 0 Å². The summed E-state index contributed by atoms with van der Waals surface area (Å²) >= 11 is 1.59. The minimum atomic E-state index is -3.66. The topological polar surface area (TPSA) is 79.5 Å². The number of nitrogens with one attached hydrogen (secondary N) is 1. The van der Waals surface area contributed by atoms with Crippen molar-refractivity contribution in [3.8, 4) is 0 Å². The Labute approximate surface area is 118 Å². The summed E-state index contributed by atoms with van der Waals surface area (Å²) in [6.07, 6.45) is 2.65. The Balaban J connectivity index is 3.13. The molecular weight excluding hydrogens is 286 g/mol. The number of thioether (sulfide) groups is 1. The maximum atomic E-state index is 12.4. The molecule has 0 saturated carbocycles. The van der Waals surface area contributed by atoms with Gasteiger partial charge in [-0.15, -0.1) is 0 Å². The second-order valence-electron chi connectivity index (χ2n) is 4.36. The first-order valence-electron chi connectivity index (χ1n) is 6.08. The molecule has 0 aliphatic heterocycles. The molecule has 0 saturated heterocycles. The Hall–Kier alpha value is -0.500. The molecule has 1 rings (SSSR count). The predicted molar refractivity (Wildman–Crippen MR) is 76.9 cm³/mol. The molecule has 0 aliphatic rings. The SMILES string of the molecule is CCC(CSC)NS(=O)(=O)c1c(C)oc(C)c1CO. The van der Waals surface area contributed by atoms with E-state index in [2.05, 4.69) is 4.72 Å². The number of sulfonamides is 1. The van der Waals surface area contributed by atoms with Crippen molar-refractivity contribution in [2.45, 2.75) is 44.7 Å². The highest BCUT2D eigenvalue weighted by molar-refractivity contribution is 7.98. The van der Waals surface area contributed by atoms with Gasteiger partial charge in [0.1, 0.15) is 16.4 Å². The number of hydrogen-bond donors (Lipinski definition) is 2. The van der Waals surface area contributed by atoms with Crippen LogP contribution in [0.1, 0.15) is 30.4 Å². The molecule has 1 heterocycles. The predicted octanol–water partition coefficient (Wildman–Crippen LogP) is 1.81. The van der Waals surface area contributed by atoms with Crippen LogP contribution in [0.4, 0.5) is 0 Å². The molecule has 0 aromatic carbocycles. The van der Waals surface area contributed by atoms with E-state index in [0.29, 0.717) is 29.3 Å². The van der Waals surface area contributed by atoms with E-state index in [9.17, 15) is 13.5 Å². The Morgan fingerprint density at radius 3 is 2.47 bits per heavy atom. The molecule has 19 heavy (non-hydrogen) atoms. The van der Waals surface area contributed by atoms with Crippen molar-refractivity contribution in [3.63, 3.8) is 0 Å². The molecule has 0 aliphatic carbocycles. The van der Waals surface area contributed by atoms with Gasteiger partial charge in [0, 0.05) is 17.4 Å². The van der Waals surface area contributed by atoms with Crippen molar-refractivity contribution < 1.29 is 17.9 Å². The fourth-order valence-corrected chi connectivity index (χ4v) is 4.55. The molecule has 1 aromatic heterocycles. The van der Waals surface area contributed by atoms with Crippen LogP contribution in [-0.4, -0.2) is 31.6 Å². The average molecular weight is 307 g/mol. The van der Waals surface area contributed by atoms with Gasteiger partial charge in [0.2, 0.25) is 10.0 Å². The molecule has 1 aromatic rings. The van der Waals surface area contributed by atoms with Gasteiger partial charge in [0.25, 0.3) is 0 Å². The van der Waals surface area contributed by atoms with Crippen LogP contribution in [0.5, 0.6) is 0 Å². The van der Waals surface area contributed by atoms with E-state index in [0.717, 1.165) is 0 Å². The average Bonchev–Trinajstić information content (AvgIpc) is 2.63. The quantitative estimate of drug-likeness (QED) is 0.803. The van der Waals surface area contributed by atoms with Crippen molar-refractivity contribution in [3.05, 3.63) is 17.1 Å². The second-order valence-corrected chi connectivity index (χ2v) is 6.92. The first kappa shape index (κ1) is 16.6. The van der Waals surface area contributed by atoms with Crippen LogP contribution in [0, 0.1) is 13.8 Å². The minimum Gasteiger partial charge on any atom is -0.465 e. The van der Waals surface area contributed by atoms with Gasteiger partial charge >= 0.3 is 0 Å². The fraction of sp³-hybridized carbons (Fsp3) is 0.667. The van der Waals surface area contributed by atoms with Crippen LogP contribution in [0.15, 0.2) is 9.31 Å². The summed E-state index contributed by atoms with van der Waals surface area (Å²) < 4.78 is 32.8. The lowest BCUT2D eigenvalue weighted by Gasteiger charge is -2.16. The lowest BCUT2D eigenvalue weighted by molar-refractivity contribution is 0.276. The number of rotatable bonds is 7. The standard InChI is InChI=1S/C12H21NO4S2/c1-5-10(7-18-4)13-19(15,16)12-9(3)17-8(2)11(12)6-14/h10,13-14H,5-7H2,1-4H3. The van der Waals surface area contributed by atoms with Crippen molar-refractivity contribution >= 4 is 21.8 Å². The maximum Gasteiger partial charge on any atom is 0.244 e. The zero-order valence-corrected chi connectivity index (χ0v) is 13.3. The lowest BCUT2D eigenvalue weighted by atomic mass is 10.2. The maximum absolute atomic E-state index is 12.4. The number of aryl methyl sites for hydroxylation is 2. The zero-order valence-electron chi connectivity index (χ0n) is 11.7. The van der Waals surface area contributed by atoms with E-state index in [4.69, 9.17) is 4.42 Å². The zero-order chi connectivity index (χ0) is 14.6. The first-order valence-corrected chi connectivity index (χ1v) is 8.96. The summed E-state index contributed by atoms with van der Waals surface area (Å²) in [5.74, 6) is 1.46. The Morgan fingerprint density at radius 1 is 1.37 bits per heavy atom. The normalized spacial score (nSPS) is 13.7. The summed E-state index contributed by atoms with van der Waals surface area (Å²) in [4.78, 5) is 0.0760. The van der Waals surface area contributed by atoms with Crippen LogP contribution in [0.2, 0.25) is 0 Å². The molecule has 1 unspecified atom stereocenters. The van der Waals surface area contributed by atoms with E-state index in [1.54, 1.807) is 25.6 Å². The molecule has 0 spiro atoms. The van der Waals surface area contributed by atoms with Gasteiger partial charge in [0.15, 0.2) is 0 Å². The monoisotopic (exact) mass is 307 g/mol. The number of aliphatic hydroxyl groups is 1. The summed E-state index contributed by atoms with van der Waals surface area (Å²) in [6, 6.07) is -0.124. The highest BCUT2D eigenvalue weighted by Crippen LogP contribution is 2.26. The third-order valence-corrected chi connectivity index (χ3v) is 5.38. The van der Waals surface area contributed by atoms with Crippen molar-refractivity contribution in [1.29, 1.82) is 0 Å². The van der Waals surface area contributed by atoms with E-state index >= 15 is 0 Å². The summed E-state index contributed by atoms with van der Waals surface area (Å²) in [7, 11) is -3.66. The molecule has 1 atom stereocenters. The largest absolute Gasteiger partial charge is 0.465 e. The number of aliphatic hydroxyl groups excluding tert-OH is 1. The number of hydrogen-bond acceptors (Lipinski definition) is 5. The molecular formula is C12H21NO4S2. The van der Waals surface area contributed by atoms with Gasteiger partial charge in [0.05, 0.1) is 6.61 Å². The van der Waals surface area contributed by atoms with Gasteiger partial charge in [-0.2, -0.15) is 11.8 Å². The molecule has 5 nitrogen and oxygen atoms in total. The van der Waals surface area contributed by atoms with Gasteiger partial charge in [-0.25, -0.2) is 13.1 Å². The second kappa shape index (κ2) is 6.78. The van der Waals surface area contributed by atoms with E-state index in [-0.39, 0.29) is 17.5 Å². The summed E-state index contributed by atoms with van der Waals surface area (Å²) in [5, 5.41) is 9.31. The molecule has 7 heteroatoms. The smallest absolute Gasteiger partial charge is 0.244 e. The van der Waals surface area contributed by atoms with Crippen LogP contribution in [0.3, 0.4) is 0 Å². The molecule has 0 radical (unpaired) electrons. The van der Waals surface area contributed by atoms with Crippen LogP contribution in [-0.2, 0) is 16.6 Å². The molecule has 2 N–H and O–H groups in total. The van der Waals surface area contributed by atoms with Gasteiger partial charge in [-0.05, 0) is 26.5 Å². The molecule has 0 fully saturated rings. The van der Waals surface area contributed by atoms with Crippen LogP contribution in [0.25, 0.3) is 0 Å². The Morgan fingerprint density at radius 2 is 2.00 bits per heavy atom. The van der Waals surface area contributed by atoms with Crippen LogP contribution < -0.4 is 4.72 Å². The first-order chi connectivity index (χ1) is 8.87. The summed E-state index contributed by atoms with van der Waals surface area (Å²) in [6.45, 7) is 4.83. The molecule has 0 bridgehead atoms. The highest BCUT2D eigenvalue weighted by Gasteiger charge is 2.28. The van der Waals surface area contributed by atoms with E-state index in [1.807, 2.05) is 13.2 Å². The highest BCUT2D eigenvalue weighted by atomic mass is 32.2. The van der Waals surface area contributed by atoms with Crippen molar-refractivity contribution in [2.75, 3.05) is 12.0 Å². The fourth-order valence-electron chi connectivity index (χ4n) is 1.96. The minimum absolute atomic E-state index is 0.0760. The van der Waals surface area contributed by atoms with Crippen molar-refractivity contribution in [1.82, 2.24) is 4.72 Å².